The van der Waals surface area contributed by atoms with Crippen molar-refractivity contribution in [3.8, 4) is 0 Å². The van der Waals surface area contributed by atoms with Gasteiger partial charge in [0, 0.05) is 16.7 Å². The van der Waals surface area contributed by atoms with E-state index in [2.05, 4.69) is 0 Å². The molecule has 0 N–H and O–H groups in total. The third-order valence-electron chi connectivity index (χ3n) is 6.12. The molecular weight excluding hydrogens is 427 g/mol. The van der Waals surface area contributed by atoms with Crippen molar-refractivity contribution in [1.82, 2.24) is 0 Å². The topological polar surface area (TPSA) is 43.4 Å². The zero-order valence-corrected chi connectivity index (χ0v) is 20.1. The van der Waals surface area contributed by atoms with Gasteiger partial charge < -0.3 is 4.74 Å². The first-order valence-electron chi connectivity index (χ1n) is 11.3. The molecule has 0 heterocycles. The van der Waals surface area contributed by atoms with Gasteiger partial charge in [-0.05, 0) is 74.6 Å². The van der Waals surface area contributed by atoms with Crippen LogP contribution in [-0.4, -0.2) is 18.4 Å². The number of ketones is 1. The molecule has 0 saturated heterocycles. The quantitative estimate of drug-likeness (QED) is 0.410. The Labute approximate surface area is 199 Å². The van der Waals surface area contributed by atoms with Crippen molar-refractivity contribution in [2.24, 2.45) is 0 Å². The molecule has 0 fully saturated rings. The Hall–Kier alpha value is -3.79. The number of carbonyl (C=O) groups is 2. The Kier molecular flexibility index (Phi) is 6.34. The predicted molar refractivity (Wildman–Crippen MR) is 134 cm³/mol. The number of carbonyl (C=O) groups excluding carboxylic acids is 2. The van der Waals surface area contributed by atoms with E-state index in [-0.39, 0.29) is 23.5 Å². The molecule has 0 aromatic heterocycles. The van der Waals surface area contributed by atoms with Gasteiger partial charge in [-0.25, -0.2) is 9.18 Å². The highest BCUT2D eigenvalue weighted by atomic mass is 19.1. The summed E-state index contributed by atoms with van der Waals surface area (Å²) in [5.74, 6) is -1.24. The molecule has 4 heteroatoms. The fourth-order valence-corrected chi connectivity index (χ4v) is 4.62. The van der Waals surface area contributed by atoms with Crippen LogP contribution in [0.1, 0.15) is 45.9 Å². The first-order chi connectivity index (χ1) is 16.2. The van der Waals surface area contributed by atoms with Crippen molar-refractivity contribution in [3.05, 3.63) is 111 Å². The molecular formula is C30H27FO3. The highest BCUT2D eigenvalue weighted by Gasteiger charge is 2.39. The van der Waals surface area contributed by atoms with E-state index in [9.17, 15) is 14.0 Å². The number of esters is 1. The number of allylic oxidation sites excluding steroid dienone is 2. The predicted octanol–water partition coefficient (Wildman–Crippen LogP) is 6.57. The van der Waals surface area contributed by atoms with Crippen LogP contribution < -0.4 is 0 Å². The van der Waals surface area contributed by atoms with Crippen molar-refractivity contribution in [3.63, 3.8) is 0 Å². The highest BCUT2D eigenvalue weighted by Crippen LogP contribution is 2.47. The second kappa shape index (κ2) is 9.22. The van der Waals surface area contributed by atoms with Gasteiger partial charge in [0.05, 0.1) is 12.2 Å². The van der Waals surface area contributed by atoms with Crippen molar-refractivity contribution in [2.45, 2.75) is 34.6 Å². The van der Waals surface area contributed by atoms with E-state index in [1.54, 1.807) is 6.92 Å². The van der Waals surface area contributed by atoms with Gasteiger partial charge >= 0.3 is 5.97 Å². The summed E-state index contributed by atoms with van der Waals surface area (Å²) in [6.45, 7) is 9.84. The van der Waals surface area contributed by atoms with Crippen LogP contribution in [0.25, 0.3) is 16.7 Å². The molecule has 3 aromatic rings. The number of hydrogen-bond donors (Lipinski definition) is 0. The second-order valence-electron chi connectivity index (χ2n) is 8.69. The summed E-state index contributed by atoms with van der Waals surface area (Å²) in [5, 5.41) is 0. The van der Waals surface area contributed by atoms with Gasteiger partial charge in [0.1, 0.15) is 5.82 Å². The fourth-order valence-electron chi connectivity index (χ4n) is 4.62. The van der Waals surface area contributed by atoms with Crippen LogP contribution in [0.15, 0.2) is 66.2 Å². The summed E-state index contributed by atoms with van der Waals surface area (Å²) in [6.07, 6.45) is 0. The van der Waals surface area contributed by atoms with Gasteiger partial charge in [0.2, 0.25) is 0 Å². The van der Waals surface area contributed by atoms with Crippen molar-refractivity contribution in [2.75, 3.05) is 6.61 Å². The molecule has 1 aliphatic rings. The summed E-state index contributed by atoms with van der Waals surface area (Å²) in [7, 11) is 0. The van der Waals surface area contributed by atoms with Crippen LogP contribution in [0, 0.1) is 33.5 Å². The molecule has 1 aliphatic carbocycles. The maximum Gasteiger partial charge on any atom is 0.339 e. The monoisotopic (exact) mass is 454 g/mol. The van der Waals surface area contributed by atoms with E-state index >= 15 is 0 Å². The standard InChI is InChI=1S/C30H27FO3/c1-6-34-30(33)28-25(21-9-11-22(31)12-10-21)29(32)27(24-14-8-18(3)16-20(24)5)26(28)23-13-7-17(2)15-19(23)4/h7-16H,6H2,1-5H3. The number of aryl methyl sites for hydroxylation is 4. The fraction of sp³-hybridized carbons (Fsp3) is 0.200. The normalized spacial score (nSPS) is 13.6. The smallest absolute Gasteiger partial charge is 0.339 e. The number of benzene rings is 3. The lowest BCUT2D eigenvalue weighted by atomic mass is 9.88. The van der Waals surface area contributed by atoms with Crippen LogP contribution >= 0.6 is 0 Å². The molecule has 0 radical (unpaired) electrons. The van der Waals surface area contributed by atoms with Crippen LogP contribution in [-0.2, 0) is 14.3 Å². The Balaban J connectivity index is 2.11. The highest BCUT2D eigenvalue weighted by molar-refractivity contribution is 6.55. The summed E-state index contributed by atoms with van der Waals surface area (Å²) < 4.78 is 19.2. The van der Waals surface area contributed by atoms with Crippen LogP contribution in [0.3, 0.4) is 0 Å². The molecule has 3 nitrogen and oxygen atoms in total. The minimum absolute atomic E-state index is 0.173. The SMILES string of the molecule is CCOC(=O)C1=C(c2ccc(F)cc2)C(=O)C(c2ccc(C)cc2C)=C1c1ccc(C)cc1C. The first kappa shape index (κ1) is 23.4. The van der Waals surface area contributed by atoms with Crippen molar-refractivity contribution < 1.29 is 18.7 Å². The Morgan fingerprint density at radius 2 is 1.29 bits per heavy atom. The van der Waals surface area contributed by atoms with Crippen LogP contribution in [0.4, 0.5) is 4.39 Å². The molecule has 0 amide bonds. The lowest BCUT2D eigenvalue weighted by Gasteiger charge is -2.15. The maximum absolute atomic E-state index is 14.1. The lowest BCUT2D eigenvalue weighted by molar-refractivity contribution is -0.138. The first-order valence-corrected chi connectivity index (χ1v) is 11.3. The molecule has 3 aromatic carbocycles. The van der Waals surface area contributed by atoms with E-state index in [1.165, 1.54) is 24.3 Å². The molecule has 0 saturated carbocycles. The minimum atomic E-state index is -0.565. The molecule has 0 aliphatic heterocycles. The van der Waals surface area contributed by atoms with Crippen molar-refractivity contribution >= 4 is 28.5 Å². The summed E-state index contributed by atoms with van der Waals surface area (Å²) in [5.41, 5.74) is 7.59. The molecule has 0 bridgehead atoms. The zero-order valence-electron chi connectivity index (χ0n) is 20.1. The molecule has 0 unspecified atom stereocenters. The van der Waals surface area contributed by atoms with Gasteiger partial charge in [-0.1, -0.05) is 59.7 Å². The summed E-state index contributed by atoms with van der Waals surface area (Å²) in [6, 6.07) is 17.5. The Morgan fingerprint density at radius 3 is 1.79 bits per heavy atom. The zero-order chi connectivity index (χ0) is 24.6. The molecule has 0 atom stereocenters. The van der Waals surface area contributed by atoms with E-state index in [0.717, 1.165) is 33.4 Å². The van der Waals surface area contributed by atoms with E-state index in [0.29, 0.717) is 16.7 Å². The van der Waals surface area contributed by atoms with Crippen LogP contribution in [0.2, 0.25) is 0 Å². The minimum Gasteiger partial charge on any atom is -0.462 e. The number of ether oxygens (including phenoxy) is 1. The average Bonchev–Trinajstić information content (AvgIpc) is 3.07. The van der Waals surface area contributed by atoms with E-state index in [4.69, 9.17) is 4.74 Å². The third kappa shape index (κ3) is 4.12. The van der Waals surface area contributed by atoms with Gasteiger partial charge in [-0.2, -0.15) is 0 Å². The van der Waals surface area contributed by atoms with E-state index in [1.807, 2.05) is 64.1 Å². The maximum atomic E-state index is 14.1. The molecule has 0 spiro atoms. The largest absolute Gasteiger partial charge is 0.462 e. The molecule has 4 rings (SSSR count). The molecule has 172 valence electrons. The third-order valence-corrected chi connectivity index (χ3v) is 6.12. The van der Waals surface area contributed by atoms with Crippen molar-refractivity contribution in [1.29, 1.82) is 0 Å². The van der Waals surface area contributed by atoms with E-state index < -0.39 is 11.8 Å². The van der Waals surface area contributed by atoms with Gasteiger partial charge in [0.15, 0.2) is 5.78 Å². The van der Waals surface area contributed by atoms with Gasteiger partial charge in [-0.15, -0.1) is 0 Å². The number of Topliss-reactive ketones (excluding diaryl/α,β-unsaturated/α-hetero) is 1. The van der Waals surface area contributed by atoms with Gasteiger partial charge in [0.25, 0.3) is 0 Å². The molecule has 34 heavy (non-hydrogen) atoms. The summed E-state index contributed by atoms with van der Waals surface area (Å²) >= 11 is 0. The van der Waals surface area contributed by atoms with Crippen LogP contribution in [0.5, 0.6) is 0 Å². The Morgan fingerprint density at radius 1 is 0.765 bits per heavy atom. The number of hydrogen-bond acceptors (Lipinski definition) is 3. The average molecular weight is 455 g/mol. The van der Waals surface area contributed by atoms with Gasteiger partial charge in [-0.3, -0.25) is 4.79 Å². The number of halogens is 1. The second-order valence-corrected chi connectivity index (χ2v) is 8.69. The Bertz CT molecular complexity index is 1370. The summed E-state index contributed by atoms with van der Waals surface area (Å²) in [4.78, 5) is 27.5. The lowest BCUT2D eigenvalue weighted by Crippen LogP contribution is -2.11. The number of rotatable bonds is 5.